The van der Waals surface area contributed by atoms with Gasteiger partial charge < -0.3 is 44.1 Å². The Morgan fingerprint density at radius 3 is 1.22 bits per heavy atom. The van der Waals surface area contributed by atoms with Gasteiger partial charge in [0.05, 0.1) is 0 Å². The van der Waals surface area contributed by atoms with Crippen molar-refractivity contribution in [2.45, 2.75) is 19.8 Å². The van der Waals surface area contributed by atoms with E-state index in [9.17, 15) is 0 Å². The monoisotopic (exact) mass is 196 g/mol. The minimum Gasteiger partial charge on any atom is -1.00 e. The minimum atomic E-state index is 0. The first-order chi connectivity index (χ1) is 1.91. The van der Waals surface area contributed by atoms with E-state index in [1.54, 1.807) is 0 Å². The molecule has 0 radical (unpaired) electrons. The summed E-state index contributed by atoms with van der Waals surface area (Å²) in [6.07, 6.45) is 2.28. The molecule has 5 heteroatoms. The van der Waals surface area contributed by atoms with Crippen LogP contribution >= 0.6 is 0 Å². The van der Waals surface area contributed by atoms with Crippen LogP contribution in [0, 0.1) is 6.92 Å². The van der Waals surface area contributed by atoms with Crippen LogP contribution in [0.4, 0.5) is 0 Å². The number of unbranched alkanes of at least 4 members (excludes halogenated alkanes) is 1. The van der Waals surface area contributed by atoms with E-state index >= 15 is 0 Å². The van der Waals surface area contributed by atoms with Crippen LogP contribution in [0.25, 0.3) is 0 Å². The molecule has 0 aromatic carbocycles. The second kappa shape index (κ2) is 50.6. The fraction of sp³-hybridized carbons (Fsp3) is 0.750. The predicted octanol–water partition coefficient (Wildman–Crippen LogP) is -10.7. The van der Waals surface area contributed by atoms with E-state index in [1.807, 2.05) is 0 Å². The van der Waals surface area contributed by atoms with Gasteiger partial charge in [0.25, 0.3) is 0 Å². The summed E-state index contributed by atoms with van der Waals surface area (Å²) in [6.45, 7) is 5.72. The number of halogens is 3. The van der Waals surface area contributed by atoms with Gasteiger partial charge >= 0.3 is 36.2 Å². The first-order valence-electron chi connectivity index (χ1n) is 1.71. The van der Waals surface area contributed by atoms with Gasteiger partial charge in [-0.2, -0.15) is 6.42 Å². The molecule has 0 amide bonds. The van der Waals surface area contributed by atoms with Crippen molar-refractivity contribution >= 4 is 17.4 Å². The fourth-order valence-electron chi connectivity index (χ4n) is 0. The third-order valence-electron chi connectivity index (χ3n) is 0.354. The third-order valence-corrected chi connectivity index (χ3v) is 0.354. The number of hydrogen-bond acceptors (Lipinski definition) is 0. The van der Waals surface area contributed by atoms with Crippen molar-refractivity contribution in [1.82, 2.24) is 0 Å². The molecule has 0 bridgehead atoms. The van der Waals surface area contributed by atoms with Gasteiger partial charge in [0, 0.05) is 0 Å². The average molecular weight is 197 g/mol. The van der Waals surface area contributed by atoms with Crippen LogP contribution in [0.3, 0.4) is 0 Å². The Kier molecular flexibility index (Phi) is 248. The van der Waals surface area contributed by atoms with Crippen molar-refractivity contribution in [2.24, 2.45) is 0 Å². The van der Waals surface area contributed by atoms with Gasteiger partial charge in [-0.25, -0.2) is 0 Å². The van der Waals surface area contributed by atoms with Crippen LogP contribution in [0.15, 0.2) is 0 Å². The van der Waals surface area contributed by atoms with E-state index in [1.165, 1.54) is 6.42 Å². The predicted molar refractivity (Wildman–Crippen MR) is 26.0 cm³/mol. The molecule has 50 valence electrons. The second-order valence-electron chi connectivity index (χ2n) is 0.854. The molecule has 0 heterocycles. The Labute approximate surface area is 99.5 Å². The van der Waals surface area contributed by atoms with Crippen LogP contribution in [0.5, 0.6) is 0 Å². The van der Waals surface area contributed by atoms with E-state index in [0.717, 1.165) is 6.42 Å². The number of hydrogen-bond donors (Lipinski definition) is 0. The molecule has 0 aliphatic carbocycles. The van der Waals surface area contributed by atoms with Crippen LogP contribution in [0.2, 0.25) is 0 Å². The van der Waals surface area contributed by atoms with Crippen molar-refractivity contribution in [1.29, 1.82) is 0 Å². The van der Waals surface area contributed by atoms with Gasteiger partial charge in [0.2, 0.25) is 0 Å². The Hall–Kier alpha value is 2.00. The first kappa shape index (κ1) is 44.0. The maximum absolute atomic E-state index is 3.60. The quantitative estimate of drug-likeness (QED) is 0.289. The largest absolute Gasteiger partial charge is 3.00 e. The average Bonchev–Trinajstić information content (AvgIpc) is 1.37. The van der Waals surface area contributed by atoms with Gasteiger partial charge in [0.1, 0.15) is 0 Å². The molecule has 0 atom stereocenters. The first-order valence-corrected chi connectivity index (χ1v) is 1.71. The molecule has 0 N–H and O–H groups in total. The third kappa shape index (κ3) is 71.1. The summed E-state index contributed by atoms with van der Waals surface area (Å²) in [7, 11) is 0. The Balaban J connectivity index is -0.00000000450. The Morgan fingerprint density at radius 2 is 1.22 bits per heavy atom. The van der Waals surface area contributed by atoms with Crippen LogP contribution < -0.4 is 56.1 Å². The van der Waals surface area contributed by atoms with Gasteiger partial charge in [0.15, 0.2) is 0 Å². The van der Waals surface area contributed by atoms with Crippen molar-refractivity contribution in [2.75, 3.05) is 0 Å². The molecule has 0 aromatic rings. The summed E-state index contributed by atoms with van der Waals surface area (Å²) in [6, 6.07) is 0. The van der Waals surface area contributed by atoms with Crippen molar-refractivity contribution in [3.63, 3.8) is 0 Å². The summed E-state index contributed by atoms with van der Waals surface area (Å²) in [5, 5.41) is 0. The normalized spacial score (nSPS) is 3.33. The molecule has 0 fully saturated rings. The molecule has 0 aromatic heterocycles. The molecular weight excluding hydrogens is 188 g/mol. The zero-order valence-corrected chi connectivity index (χ0v) is 9.26. The standard InChI is InChI=1S/C4H9.Al.3ClH.Li/c1-3-4-2;;;;;/h1,3-4H2,2H3;;3*1H;/q-1;+3;;;;+1/p-3. The number of rotatable bonds is 1. The van der Waals surface area contributed by atoms with Gasteiger partial charge in [-0.15, -0.1) is 0 Å². The smallest absolute Gasteiger partial charge is 1.00 e. The molecule has 9 heavy (non-hydrogen) atoms. The molecule has 0 rings (SSSR count). The molecule has 0 spiro atoms. The van der Waals surface area contributed by atoms with E-state index in [4.69, 9.17) is 0 Å². The van der Waals surface area contributed by atoms with E-state index in [2.05, 4.69) is 13.8 Å². The molecule has 0 aliphatic heterocycles. The SMILES string of the molecule is [Al+3].[CH2-]CCC.[Cl-].[Cl-].[Cl-].[Li+]. The second-order valence-corrected chi connectivity index (χ2v) is 0.854. The molecule has 0 unspecified atom stereocenters. The van der Waals surface area contributed by atoms with Gasteiger partial charge in [-0.3, -0.25) is 0 Å². The molecule has 0 saturated carbocycles. The van der Waals surface area contributed by atoms with Crippen molar-refractivity contribution in [3.05, 3.63) is 6.92 Å². The Bertz CT molecular complexity index is 17.8. The minimum absolute atomic E-state index is 0. The van der Waals surface area contributed by atoms with E-state index < -0.39 is 0 Å². The van der Waals surface area contributed by atoms with Crippen molar-refractivity contribution in [3.8, 4) is 0 Å². The van der Waals surface area contributed by atoms with Gasteiger partial charge in [-0.1, -0.05) is 13.3 Å². The summed E-state index contributed by atoms with van der Waals surface area (Å²) in [5.41, 5.74) is 0. The van der Waals surface area contributed by atoms with Crippen LogP contribution in [-0.2, 0) is 0 Å². The summed E-state index contributed by atoms with van der Waals surface area (Å²) >= 11 is 0. The summed E-state index contributed by atoms with van der Waals surface area (Å²) in [4.78, 5) is 0. The molecule has 0 aliphatic rings. The summed E-state index contributed by atoms with van der Waals surface area (Å²) in [5.74, 6) is 0. The zero-order chi connectivity index (χ0) is 3.41. The summed E-state index contributed by atoms with van der Waals surface area (Å²) < 4.78 is 0. The van der Waals surface area contributed by atoms with Gasteiger partial charge in [-0.05, 0) is 0 Å². The fourth-order valence-corrected chi connectivity index (χ4v) is 0. The van der Waals surface area contributed by atoms with E-state index in [0.29, 0.717) is 0 Å². The Morgan fingerprint density at radius 1 is 1.11 bits per heavy atom. The van der Waals surface area contributed by atoms with Crippen LogP contribution in [0.1, 0.15) is 19.8 Å². The molecule has 0 nitrogen and oxygen atoms in total. The zero-order valence-electron chi connectivity index (χ0n) is 5.83. The van der Waals surface area contributed by atoms with E-state index in [-0.39, 0.29) is 73.4 Å². The maximum Gasteiger partial charge on any atom is 3.00 e. The maximum atomic E-state index is 3.60. The topological polar surface area (TPSA) is 0 Å². The van der Waals surface area contributed by atoms with Crippen molar-refractivity contribution < 1.29 is 56.1 Å². The molecular formula is C4H9AlCl3Li. The molecule has 0 saturated heterocycles. The van der Waals surface area contributed by atoms with Crippen LogP contribution in [-0.4, -0.2) is 17.4 Å².